The van der Waals surface area contributed by atoms with Crippen LogP contribution in [0.2, 0.25) is 0 Å². The van der Waals surface area contributed by atoms with Crippen molar-refractivity contribution in [2.75, 3.05) is 19.0 Å². The number of nitrogens with one attached hydrogen (secondary N) is 1. The average Bonchev–Trinajstić information content (AvgIpc) is 2.55. The summed E-state index contributed by atoms with van der Waals surface area (Å²) in [7, 11) is 1.75. The summed E-state index contributed by atoms with van der Waals surface area (Å²) < 4.78 is 6.32. The molecule has 118 valence electrons. The third-order valence-electron chi connectivity index (χ3n) is 3.57. The van der Waals surface area contributed by atoms with Crippen molar-refractivity contribution in [2.24, 2.45) is 0 Å². The van der Waals surface area contributed by atoms with Gasteiger partial charge < -0.3 is 15.0 Å². The smallest absolute Gasteiger partial charge is 0.262 e. The normalized spacial score (nSPS) is 12.9. The molecule has 0 aromatic heterocycles. The third-order valence-corrected chi connectivity index (χ3v) is 4.35. The molecule has 2 aromatic carbocycles. The van der Waals surface area contributed by atoms with Gasteiger partial charge in [0.15, 0.2) is 6.61 Å². The Bertz CT molecular complexity index is 776. The SMILES string of the molecule is CN(Cc1ccccc1Br)C(=O)c1ccc2c(c1)OCC(=O)N2. The quantitative estimate of drug-likeness (QED) is 0.897. The Morgan fingerprint density at radius 1 is 1.30 bits per heavy atom. The molecule has 0 radical (unpaired) electrons. The lowest BCUT2D eigenvalue weighted by atomic mass is 10.1. The summed E-state index contributed by atoms with van der Waals surface area (Å²) in [6.45, 7) is 0.465. The van der Waals surface area contributed by atoms with E-state index in [1.165, 1.54) is 0 Å². The van der Waals surface area contributed by atoms with Crippen molar-refractivity contribution in [3.63, 3.8) is 0 Å². The second-order valence-corrected chi connectivity index (χ2v) is 6.15. The number of carbonyl (C=O) groups excluding carboxylic acids is 2. The number of halogens is 1. The maximum Gasteiger partial charge on any atom is 0.262 e. The number of amides is 2. The Balaban J connectivity index is 1.77. The van der Waals surface area contributed by atoms with E-state index in [9.17, 15) is 9.59 Å². The van der Waals surface area contributed by atoms with E-state index in [0.717, 1.165) is 10.0 Å². The molecule has 0 aliphatic carbocycles. The maximum atomic E-state index is 12.6. The largest absolute Gasteiger partial charge is 0.482 e. The zero-order chi connectivity index (χ0) is 16.4. The molecule has 2 amide bonds. The van der Waals surface area contributed by atoms with Crippen LogP contribution in [0.4, 0.5) is 5.69 Å². The number of hydrogen-bond acceptors (Lipinski definition) is 3. The number of ether oxygens (including phenoxy) is 1. The van der Waals surface area contributed by atoms with Gasteiger partial charge in [0, 0.05) is 23.6 Å². The van der Waals surface area contributed by atoms with Gasteiger partial charge in [0.1, 0.15) is 5.75 Å². The summed E-state index contributed by atoms with van der Waals surface area (Å²) >= 11 is 3.49. The van der Waals surface area contributed by atoms with Crippen molar-refractivity contribution < 1.29 is 14.3 Å². The zero-order valence-electron chi connectivity index (χ0n) is 12.5. The van der Waals surface area contributed by atoms with E-state index >= 15 is 0 Å². The van der Waals surface area contributed by atoms with Gasteiger partial charge in [-0.05, 0) is 29.8 Å². The summed E-state index contributed by atoms with van der Waals surface area (Å²) in [5, 5.41) is 2.71. The van der Waals surface area contributed by atoms with Gasteiger partial charge in [0.25, 0.3) is 11.8 Å². The number of nitrogens with zero attached hydrogens (tertiary/aromatic N) is 1. The molecule has 0 saturated carbocycles. The van der Waals surface area contributed by atoms with E-state index in [1.807, 2.05) is 24.3 Å². The fraction of sp³-hybridized carbons (Fsp3) is 0.176. The molecule has 0 atom stereocenters. The van der Waals surface area contributed by atoms with Crippen LogP contribution in [0.5, 0.6) is 5.75 Å². The zero-order valence-corrected chi connectivity index (χ0v) is 14.1. The fourth-order valence-corrected chi connectivity index (χ4v) is 2.79. The third kappa shape index (κ3) is 3.37. The highest BCUT2D eigenvalue weighted by molar-refractivity contribution is 9.10. The van der Waals surface area contributed by atoms with Crippen LogP contribution in [0.25, 0.3) is 0 Å². The van der Waals surface area contributed by atoms with Crippen LogP contribution in [0.1, 0.15) is 15.9 Å². The minimum atomic E-state index is -0.192. The van der Waals surface area contributed by atoms with Gasteiger partial charge in [-0.15, -0.1) is 0 Å². The highest BCUT2D eigenvalue weighted by atomic mass is 79.9. The molecular weight excluding hydrogens is 360 g/mol. The van der Waals surface area contributed by atoms with Crippen LogP contribution in [0.3, 0.4) is 0 Å². The molecule has 1 heterocycles. The predicted molar refractivity (Wildman–Crippen MR) is 90.5 cm³/mol. The van der Waals surface area contributed by atoms with Gasteiger partial charge in [-0.2, -0.15) is 0 Å². The first kappa shape index (κ1) is 15.6. The van der Waals surface area contributed by atoms with Crippen LogP contribution >= 0.6 is 15.9 Å². The molecule has 1 aliphatic rings. The first-order valence-corrected chi connectivity index (χ1v) is 7.89. The lowest BCUT2D eigenvalue weighted by Gasteiger charge is -2.21. The highest BCUT2D eigenvalue weighted by Crippen LogP contribution is 2.29. The Hall–Kier alpha value is -2.34. The number of hydrogen-bond donors (Lipinski definition) is 1. The van der Waals surface area contributed by atoms with Crippen LogP contribution in [0, 0.1) is 0 Å². The summed E-state index contributed by atoms with van der Waals surface area (Å²) in [4.78, 5) is 25.5. The molecule has 1 aliphatic heterocycles. The molecule has 0 spiro atoms. The van der Waals surface area contributed by atoms with Crippen molar-refractivity contribution in [3.8, 4) is 5.75 Å². The van der Waals surface area contributed by atoms with E-state index < -0.39 is 0 Å². The average molecular weight is 375 g/mol. The highest BCUT2D eigenvalue weighted by Gasteiger charge is 2.19. The number of carbonyl (C=O) groups is 2. The Morgan fingerprint density at radius 3 is 2.87 bits per heavy atom. The molecule has 0 unspecified atom stereocenters. The number of fused-ring (bicyclic) bond motifs is 1. The van der Waals surface area contributed by atoms with E-state index in [4.69, 9.17) is 4.74 Å². The molecule has 0 fully saturated rings. The van der Waals surface area contributed by atoms with Crippen molar-refractivity contribution in [1.29, 1.82) is 0 Å². The lowest BCUT2D eigenvalue weighted by Crippen LogP contribution is -2.28. The van der Waals surface area contributed by atoms with Gasteiger partial charge in [0.05, 0.1) is 5.69 Å². The van der Waals surface area contributed by atoms with Crippen LogP contribution in [0.15, 0.2) is 46.9 Å². The fourth-order valence-electron chi connectivity index (χ4n) is 2.38. The minimum Gasteiger partial charge on any atom is -0.482 e. The Kier molecular flexibility index (Phi) is 4.34. The van der Waals surface area contributed by atoms with Crippen LogP contribution in [-0.4, -0.2) is 30.4 Å². The van der Waals surface area contributed by atoms with E-state index in [2.05, 4.69) is 21.2 Å². The van der Waals surface area contributed by atoms with Gasteiger partial charge in [-0.3, -0.25) is 9.59 Å². The predicted octanol–water partition coefficient (Wildman–Crippen LogP) is 3.05. The van der Waals surface area contributed by atoms with Crippen molar-refractivity contribution in [3.05, 3.63) is 58.1 Å². The lowest BCUT2D eigenvalue weighted by molar-refractivity contribution is -0.118. The van der Waals surface area contributed by atoms with Crippen molar-refractivity contribution in [1.82, 2.24) is 4.90 Å². The summed E-state index contributed by atoms with van der Waals surface area (Å²) in [6, 6.07) is 12.8. The molecule has 5 nitrogen and oxygen atoms in total. The standard InChI is InChI=1S/C17H15BrN2O3/c1-20(9-12-4-2-3-5-13(12)18)17(22)11-6-7-14-15(8-11)23-10-16(21)19-14/h2-8H,9-10H2,1H3,(H,19,21). The summed E-state index contributed by atoms with van der Waals surface area (Å²) in [5.41, 5.74) is 2.14. The minimum absolute atomic E-state index is 0.0303. The molecule has 23 heavy (non-hydrogen) atoms. The number of benzene rings is 2. The van der Waals surface area contributed by atoms with Crippen molar-refractivity contribution >= 4 is 33.4 Å². The molecule has 0 bridgehead atoms. The first-order chi connectivity index (χ1) is 11.0. The molecular formula is C17H15BrN2O3. The van der Waals surface area contributed by atoms with E-state index in [1.54, 1.807) is 30.1 Å². The maximum absolute atomic E-state index is 12.6. The number of rotatable bonds is 3. The molecule has 6 heteroatoms. The topological polar surface area (TPSA) is 58.6 Å². The van der Waals surface area contributed by atoms with E-state index in [0.29, 0.717) is 23.5 Å². The van der Waals surface area contributed by atoms with Crippen LogP contribution < -0.4 is 10.1 Å². The van der Waals surface area contributed by atoms with Gasteiger partial charge in [-0.1, -0.05) is 34.1 Å². The molecule has 0 saturated heterocycles. The van der Waals surface area contributed by atoms with E-state index in [-0.39, 0.29) is 18.4 Å². The Labute approximate surface area is 142 Å². The van der Waals surface area contributed by atoms with Gasteiger partial charge in [-0.25, -0.2) is 0 Å². The van der Waals surface area contributed by atoms with Gasteiger partial charge >= 0.3 is 0 Å². The van der Waals surface area contributed by atoms with Crippen LogP contribution in [-0.2, 0) is 11.3 Å². The summed E-state index contributed by atoms with van der Waals surface area (Å²) in [6.07, 6.45) is 0. The second-order valence-electron chi connectivity index (χ2n) is 5.30. The second kappa shape index (κ2) is 6.42. The number of anilines is 1. The first-order valence-electron chi connectivity index (χ1n) is 7.10. The van der Waals surface area contributed by atoms with Crippen molar-refractivity contribution in [2.45, 2.75) is 6.54 Å². The summed E-state index contributed by atoms with van der Waals surface area (Å²) in [5.74, 6) is 0.219. The molecule has 3 rings (SSSR count). The molecule has 2 aromatic rings. The monoisotopic (exact) mass is 374 g/mol. The molecule has 1 N–H and O–H groups in total. The Morgan fingerprint density at radius 2 is 2.09 bits per heavy atom. The van der Waals surface area contributed by atoms with Gasteiger partial charge in [0.2, 0.25) is 0 Å².